The molecule has 4 nitrogen and oxygen atoms in total. The smallest absolute Gasteiger partial charge is 0.306 e. The van der Waals surface area contributed by atoms with Crippen LogP contribution in [0.1, 0.15) is 6.42 Å². The van der Waals surface area contributed by atoms with Gasteiger partial charge in [-0.25, -0.2) is 0 Å². The predicted octanol–water partition coefficient (Wildman–Crippen LogP) is 4.75. The SMILES string of the molecule is O=C(O)CCOc1ccc(Oc2ccc(Br)cc2Cl)cc1. The molecule has 6 heteroatoms. The van der Waals surface area contributed by atoms with Crippen LogP contribution < -0.4 is 9.47 Å². The molecule has 0 fully saturated rings. The molecular weight excluding hydrogens is 360 g/mol. The average molecular weight is 372 g/mol. The molecule has 0 atom stereocenters. The zero-order valence-corrected chi connectivity index (χ0v) is 13.2. The van der Waals surface area contributed by atoms with Crippen LogP contribution in [-0.2, 0) is 4.79 Å². The van der Waals surface area contributed by atoms with Crippen LogP contribution in [0.15, 0.2) is 46.9 Å². The summed E-state index contributed by atoms with van der Waals surface area (Å²) >= 11 is 9.40. The van der Waals surface area contributed by atoms with Gasteiger partial charge in [-0.05, 0) is 42.5 Å². The van der Waals surface area contributed by atoms with Gasteiger partial charge in [0.05, 0.1) is 18.1 Å². The van der Waals surface area contributed by atoms with Gasteiger partial charge in [-0.15, -0.1) is 0 Å². The lowest BCUT2D eigenvalue weighted by molar-refractivity contribution is -0.137. The molecule has 0 spiro atoms. The first-order valence-electron chi connectivity index (χ1n) is 6.12. The third kappa shape index (κ3) is 4.95. The first kappa shape index (κ1) is 15.7. The normalized spacial score (nSPS) is 10.2. The first-order chi connectivity index (χ1) is 10.0. The van der Waals surface area contributed by atoms with Gasteiger partial charge in [-0.3, -0.25) is 4.79 Å². The molecule has 21 heavy (non-hydrogen) atoms. The molecule has 1 N–H and O–H groups in total. The summed E-state index contributed by atoms with van der Waals surface area (Å²) < 4.78 is 11.8. The lowest BCUT2D eigenvalue weighted by Gasteiger charge is -2.09. The molecule has 2 aromatic carbocycles. The van der Waals surface area contributed by atoms with Crippen molar-refractivity contribution < 1.29 is 19.4 Å². The van der Waals surface area contributed by atoms with Gasteiger partial charge < -0.3 is 14.6 Å². The van der Waals surface area contributed by atoms with Crippen LogP contribution in [0, 0.1) is 0 Å². The van der Waals surface area contributed by atoms with Crippen molar-refractivity contribution in [3.63, 3.8) is 0 Å². The van der Waals surface area contributed by atoms with E-state index in [4.69, 9.17) is 26.2 Å². The Kier molecular flexibility index (Phi) is 5.47. The van der Waals surface area contributed by atoms with Crippen LogP contribution in [0.4, 0.5) is 0 Å². The molecule has 0 aliphatic carbocycles. The highest BCUT2D eigenvalue weighted by Crippen LogP contribution is 2.32. The maximum absolute atomic E-state index is 10.4. The maximum atomic E-state index is 10.4. The van der Waals surface area contributed by atoms with Crippen molar-refractivity contribution in [2.45, 2.75) is 6.42 Å². The lowest BCUT2D eigenvalue weighted by Crippen LogP contribution is -2.04. The van der Waals surface area contributed by atoms with Crippen LogP contribution in [0.2, 0.25) is 5.02 Å². The second-order valence-corrected chi connectivity index (χ2v) is 5.46. The average Bonchev–Trinajstić information content (AvgIpc) is 2.43. The second-order valence-electron chi connectivity index (χ2n) is 4.14. The van der Waals surface area contributed by atoms with Crippen LogP contribution in [0.5, 0.6) is 17.2 Å². The Morgan fingerprint density at radius 1 is 1.14 bits per heavy atom. The van der Waals surface area contributed by atoms with Crippen molar-refractivity contribution in [2.24, 2.45) is 0 Å². The van der Waals surface area contributed by atoms with Gasteiger partial charge in [0.2, 0.25) is 0 Å². The quantitative estimate of drug-likeness (QED) is 0.796. The van der Waals surface area contributed by atoms with E-state index in [1.807, 2.05) is 6.07 Å². The van der Waals surface area contributed by atoms with Gasteiger partial charge in [0, 0.05) is 4.47 Å². The Morgan fingerprint density at radius 2 is 1.81 bits per heavy atom. The molecule has 0 saturated carbocycles. The molecule has 110 valence electrons. The van der Waals surface area contributed by atoms with E-state index in [1.54, 1.807) is 36.4 Å². The summed E-state index contributed by atoms with van der Waals surface area (Å²) in [6, 6.07) is 12.2. The minimum Gasteiger partial charge on any atom is -0.493 e. The Hall–Kier alpha value is -1.72. The minimum absolute atomic E-state index is 0.0350. The number of benzene rings is 2. The van der Waals surface area contributed by atoms with E-state index in [0.29, 0.717) is 22.3 Å². The summed E-state index contributed by atoms with van der Waals surface area (Å²) in [6.45, 7) is 0.133. The molecule has 2 aromatic rings. The van der Waals surface area contributed by atoms with Gasteiger partial charge in [0.25, 0.3) is 0 Å². The summed E-state index contributed by atoms with van der Waals surface area (Å²) in [5, 5.41) is 9.04. The highest BCUT2D eigenvalue weighted by Gasteiger charge is 2.04. The Bertz CT molecular complexity index is 628. The largest absolute Gasteiger partial charge is 0.493 e. The number of hydrogen-bond acceptors (Lipinski definition) is 3. The molecule has 0 saturated heterocycles. The second kappa shape index (κ2) is 7.33. The summed E-state index contributed by atoms with van der Waals surface area (Å²) in [4.78, 5) is 10.4. The van der Waals surface area contributed by atoms with E-state index in [-0.39, 0.29) is 13.0 Å². The molecule has 0 aliphatic rings. The summed E-state index contributed by atoms with van der Waals surface area (Å²) in [5.74, 6) is 0.870. The maximum Gasteiger partial charge on any atom is 0.306 e. The van der Waals surface area contributed by atoms with Crippen LogP contribution >= 0.6 is 27.5 Å². The van der Waals surface area contributed by atoms with Gasteiger partial charge in [-0.1, -0.05) is 27.5 Å². The third-order valence-corrected chi connectivity index (χ3v) is 3.32. The fraction of sp³-hybridized carbons (Fsp3) is 0.133. The fourth-order valence-electron chi connectivity index (χ4n) is 1.55. The van der Waals surface area contributed by atoms with Gasteiger partial charge in [0.15, 0.2) is 0 Å². The van der Waals surface area contributed by atoms with Crippen molar-refractivity contribution >= 4 is 33.5 Å². The lowest BCUT2D eigenvalue weighted by atomic mass is 10.3. The number of carboxylic acids is 1. The Labute approximate surface area is 135 Å². The monoisotopic (exact) mass is 370 g/mol. The van der Waals surface area contributed by atoms with Crippen LogP contribution in [-0.4, -0.2) is 17.7 Å². The van der Waals surface area contributed by atoms with Crippen molar-refractivity contribution in [2.75, 3.05) is 6.61 Å². The number of aliphatic carboxylic acids is 1. The highest BCUT2D eigenvalue weighted by atomic mass is 79.9. The topological polar surface area (TPSA) is 55.8 Å². The summed E-state index contributed by atoms with van der Waals surface area (Å²) in [7, 11) is 0. The van der Waals surface area contributed by atoms with E-state index < -0.39 is 5.97 Å². The van der Waals surface area contributed by atoms with Crippen molar-refractivity contribution in [3.8, 4) is 17.2 Å². The van der Waals surface area contributed by atoms with Crippen molar-refractivity contribution in [1.82, 2.24) is 0 Å². The molecule has 0 aromatic heterocycles. The molecule has 2 rings (SSSR count). The zero-order chi connectivity index (χ0) is 15.2. The Morgan fingerprint density at radius 3 is 2.43 bits per heavy atom. The van der Waals surface area contributed by atoms with E-state index >= 15 is 0 Å². The molecule has 0 amide bonds. The van der Waals surface area contributed by atoms with Crippen LogP contribution in [0.3, 0.4) is 0 Å². The standard InChI is InChI=1S/C15H12BrClO4/c16-10-1-6-14(13(17)9-10)21-12-4-2-11(3-5-12)20-8-7-15(18)19/h1-6,9H,7-8H2,(H,18,19). The zero-order valence-electron chi connectivity index (χ0n) is 10.9. The molecule has 0 bridgehead atoms. The number of carbonyl (C=O) groups is 1. The number of carboxylic acid groups (broad SMARTS) is 1. The minimum atomic E-state index is -0.889. The van der Waals surface area contributed by atoms with E-state index in [2.05, 4.69) is 15.9 Å². The van der Waals surface area contributed by atoms with Crippen LogP contribution in [0.25, 0.3) is 0 Å². The van der Waals surface area contributed by atoms with Gasteiger partial charge in [0.1, 0.15) is 17.2 Å². The number of ether oxygens (including phenoxy) is 2. The van der Waals surface area contributed by atoms with Crippen molar-refractivity contribution in [3.05, 3.63) is 52.0 Å². The van der Waals surface area contributed by atoms with Gasteiger partial charge >= 0.3 is 5.97 Å². The predicted molar refractivity (Wildman–Crippen MR) is 83.4 cm³/mol. The van der Waals surface area contributed by atoms with E-state index in [9.17, 15) is 4.79 Å². The Balaban J connectivity index is 1.97. The van der Waals surface area contributed by atoms with Crippen molar-refractivity contribution in [1.29, 1.82) is 0 Å². The van der Waals surface area contributed by atoms with E-state index in [1.165, 1.54) is 0 Å². The number of hydrogen-bond donors (Lipinski definition) is 1. The molecule has 0 unspecified atom stereocenters. The molecular formula is C15H12BrClO4. The third-order valence-electron chi connectivity index (χ3n) is 2.53. The fourth-order valence-corrected chi connectivity index (χ4v) is 2.26. The van der Waals surface area contributed by atoms with E-state index in [0.717, 1.165) is 4.47 Å². The highest BCUT2D eigenvalue weighted by molar-refractivity contribution is 9.10. The number of rotatable bonds is 6. The first-order valence-corrected chi connectivity index (χ1v) is 7.29. The number of halogens is 2. The molecule has 0 radical (unpaired) electrons. The molecule has 0 aliphatic heterocycles. The summed E-state index contributed by atoms with van der Waals surface area (Å²) in [5.41, 5.74) is 0. The summed E-state index contributed by atoms with van der Waals surface area (Å²) in [6.07, 6.45) is -0.0350. The van der Waals surface area contributed by atoms with Gasteiger partial charge in [-0.2, -0.15) is 0 Å². The molecule has 0 heterocycles.